The summed E-state index contributed by atoms with van der Waals surface area (Å²) >= 11 is 0. The van der Waals surface area contributed by atoms with Crippen LogP contribution in [0, 0.1) is 0 Å². The lowest BCUT2D eigenvalue weighted by Gasteiger charge is -2.15. The molecule has 0 fully saturated rings. The first-order valence-corrected chi connectivity index (χ1v) is 10.9. The lowest BCUT2D eigenvalue weighted by Crippen LogP contribution is -2.40. The normalized spacial score (nSPS) is 13.1. The van der Waals surface area contributed by atoms with Crippen LogP contribution in [0.5, 0.6) is 0 Å². The van der Waals surface area contributed by atoms with Gasteiger partial charge in [0.05, 0.1) is 10.6 Å². The van der Waals surface area contributed by atoms with Crippen LogP contribution in [0.3, 0.4) is 0 Å². The molecule has 0 unspecified atom stereocenters. The maximum Gasteiger partial charge on any atom is 0.240 e. The highest BCUT2D eigenvalue weighted by Crippen LogP contribution is 2.19. The number of para-hydroxylation sites is 1. The average molecular weight is 410 g/mol. The van der Waals surface area contributed by atoms with Gasteiger partial charge in [-0.25, -0.2) is 13.1 Å². The number of nitrogens with zero attached hydrogens (tertiary/aromatic N) is 2. The molecule has 0 saturated carbocycles. The Bertz CT molecular complexity index is 1240. The van der Waals surface area contributed by atoms with Crippen LogP contribution in [0.2, 0.25) is 0 Å². The number of nitrogens with one attached hydrogen (secondary N) is 2. The molecule has 150 valence electrons. The molecule has 4 aromatic rings. The van der Waals surface area contributed by atoms with Crippen molar-refractivity contribution in [3.63, 3.8) is 0 Å². The summed E-state index contributed by atoms with van der Waals surface area (Å²) in [6.07, 6.45) is 4.07. The van der Waals surface area contributed by atoms with Gasteiger partial charge >= 0.3 is 0 Å². The third-order valence-corrected chi connectivity index (χ3v) is 6.31. The van der Waals surface area contributed by atoms with Crippen LogP contribution in [0.4, 0.5) is 0 Å². The molecule has 0 bridgehead atoms. The molecule has 0 aliphatic heterocycles. The monoisotopic (exact) mass is 410 g/mol. The summed E-state index contributed by atoms with van der Waals surface area (Å²) < 4.78 is 33.4. The molecule has 2 heterocycles. The third kappa shape index (κ3) is 4.45. The van der Waals surface area contributed by atoms with Gasteiger partial charge in [-0.3, -0.25) is 4.98 Å². The number of benzene rings is 2. The zero-order valence-electron chi connectivity index (χ0n) is 16.0. The molecule has 0 radical (unpaired) electrons. The molecule has 2 aromatic heterocycles. The number of hydrogen-bond donors (Lipinski definition) is 2. The Morgan fingerprint density at radius 3 is 2.86 bits per heavy atom. The first-order valence-electron chi connectivity index (χ1n) is 9.43. The van der Waals surface area contributed by atoms with Crippen LogP contribution >= 0.6 is 0 Å². The van der Waals surface area contributed by atoms with Gasteiger partial charge in [0.2, 0.25) is 10.0 Å². The van der Waals surface area contributed by atoms with Crippen molar-refractivity contribution in [1.82, 2.24) is 20.2 Å². The lowest BCUT2D eigenvalue weighted by molar-refractivity contribution is 0.444. The minimum atomic E-state index is -3.60. The van der Waals surface area contributed by atoms with E-state index in [1.165, 1.54) is 0 Å². The van der Waals surface area contributed by atoms with Crippen molar-refractivity contribution in [2.45, 2.75) is 24.3 Å². The Hall–Kier alpha value is -2.81. The predicted molar refractivity (Wildman–Crippen MR) is 112 cm³/mol. The molecule has 2 N–H and O–H groups in total. The molecule has 1 atom stereocenters. The summed E-state index contributed by atoms with van der Waals surface area (Å²) in [6, 6.07) is 14.3. The third-order valence-electron chi connectivity index (χ3n) is 4.72. The summed E-state index contributed by atoms with van der Waals surface area (Å²) in [5.74, 6) is 0. The van der Waals surface area contributed by atoms with Crippen LogP contribution in [0.1, 0.15) is 12.6 Å². The first-order chi connectivity index (χ1) is 14.0. The highest BCUT2D eigenvalue weighted by Gasteiger charge is 2.17. The number of aromatic nitrogens is 2. The molecule has 8 heteroatoms. The second-order valence-corrected chi connectivity index (χ2v) is 8.70. The van der Waals surface area contributed by atoms with E-state index in [2.05, 4.69) is 20.2 Å². The maximum atomic E-state index is 12.7. The van der Waals surface area contributed by atoms with E-state index >= 15 is 0 Å². The molecule has 29 heavy (non-hydrogen) atoms. The zero-order valence-corrected chi connectivity index (χ0v) is 16.8. The van der Waals surface area contributed by atoms with Crippen LogP contribution < -0.4 is 10.0 Å². The molecule has 0 amide bonds. The lowest BCUT2D eigenvalue weighted by atomic mass is 10.2. The van der Waals surface area contributed by atoms with Crippen molar-refractivity contribution in [1.29, 1.82) is 0 Å². The van der Waals surface area contributed by atoms with E-state index in [0.717, 1.165) is 27.4 Å². The van der Waals surface area contributed by atoms with Crippen molar-refractivity contribution in [3.05, 3.63) is 66.6 Å². The molecular formula is C21H22N4O3S. The predicted octanol–water partition coefficient (Wildman–Crippen LogP) is 2.88. The molecule has 2 aromatic carbocycles. The Labute approximate surface area is 169 Å². The summed E-state index contributed by atoms with van der Waals surface area (Å²) in [7, 11) is -3.60. The van der Waals surface area contributed by atoms with Gasteiger partial charge in [0.25, 0.3) is 0 Å². The Kier molecular flexibility index (Phi) is 5.57. The Morgan fingerprint density at radius 2 is 1.97 bits per heavy atom. The number of sulfonamides is 1. The molecule has 0 saturated heterocycles. The SMILES string of the molecule is C[C@H](CNCCc1noc2ccccc12)NS(=O)(=O)c1ccc2cnccc2c1. The molecule has 0 aliphatic rings. The van der Waals surface area contributed by atoms with E-state index in [0.29, 0.717) is 19.5 Å². The highest BCUT2D eigenvalue weighted by atomic mass is 32.2. The summed E-state index contributed by atoms with van der Waals surface area (Å²) in [5.41, 5.74) is 1.67. The second kappa shape index (κ2) is 8.28. The Morgan fingerprint density at radius 1 is 1.10 bits per heavy atom. The standard InChI is InChI=1S/C21H22N4O3S/c1-15(13-22-11-9-20-19-4-2-3-5-21(19)28-24-20)25-29(26,27)18-7-6-17-14-23-10-8-16(17)12-18/h2-8,10,12,14-15,22,25H,9,11,13H2,1H3/t15-/m1/s1. The number of fused-ring (bicyclic) bond motifs is 2. The largest absolute Gasteiger partial charge is 0.356 e. The maximum absolute atomic E-state index is 12.7. The van der Waals surface area contributed by atoms with E-state index in [1.807, 2.05) is 31.2 Å². The highest BCUT2D eigenvalue weighted by molar-refractivity contribution is 7.89. The summed E-state index contributed by atoms with van der Waals surface area (Å²) in [5, 5.41) is 10.1. The van der Waals surface area contributed by atoms with Gasteiger partial charge in [-0.05, 0) is 42.6 Å². The van der Waals surface area contributed by atoms with Crippen LogP contribution in [-0.4, -0.2) is 37.7 Å². The van der Waals surface area contributed by atoms with Crippen molar-refractivity contribution in [3.8, 4) is 0 Å². The zero-order chi connectivity index (χ0) is 20.3. The van der Waals surface area contributed by atoms with E-state index in [1.54, 1.807) is 36.7 Å². The summed E-state index contributed by atoms with van der Waals surface area (Å²) in [6.45, 7) is 3.01. The van der Waals surface area contributed by atoms with E-state index in [9.17, 15) is 8.42 Å². The van der Waals surface area contributed by atoms with Crippen molar-refractivity contribution >= 4 is 31.8 Å². The van der Waals surface area contributed by atoms with E-state index in [-0.39, 0.29) is 10.9 Å². The van der Waals surface area contributed by atoms with Crippen LogP contribution in [-0.2, 0) is 16.4 Å². The second-order valence-electron chi connectivity index (χ2n) is 6.99. The molecule has 0 spiro atoms. The van der Waals surface area contributed by atoms with Crippen molar-refractivity contribution < 1.29 is 12.9 Å². The smallest absolute Gasteiger partial charge is 0.240 e. The van der Waals surface area contributed by atoms with Crippen molar-refractivity contribution in [2.75, 3.05) is 13.1 Å². The minimum absolute atomic E-state index is 0.247. The van der Waals surface area contributed by atoms with Gasteiger partial charge in [0.15, 0.2) is 5.58 Å². The number of hydrogen-bond acceptors (Lipinski definition) is 6. The van der Waals surface area contributed by atoms with Crippen LogP contribution in [0.15, 0.2) is 70.3 Å². The molecule has 0 aliphatic carbocycles. The van der Waals surface area contributed by atoms with Gasteiger partial charge in [-0.15, -0.1) is 0 Å². The minimum Gasteiger partial charge on any atom is -0.356 e. The molecule has 7 nitrogen and oxygen atoms in total. The first kappa shape index (κ1) is 19.5. The fourth-order valence-electron chi connectivity index (χ4n) is 3.25. The quantitative estimate of drug-likeness (QED) is 0.434. The van der Waals surface area contributed by atoms with Gasteiger partial charge in [-0.2, -0.15) is 0 Å². The topological polar surface area (TPSA) is 97.1 Å². The fourth-order valence-corrected chi connectivity index (χ4v) is 4.53. The van der Waals surface area contributed by atoms with E-state index < -0.39 is 10.0 Å². The van der Waals surface area contributed by atoms with E-state index in [4.69, 9.17) is 4.52 Å². The van der Waals surface area contributed by atoms with Gasteiger partial charge in [0.1, 0.15) is 0 Å². The van der Waals surface area contributed by atoms with Gasteiger partial charge in [0, 0.05) is 48.7 Å². The van der Waals surface area contributed by atoms with Gasteiger partial charge in [-0.1, -0.05) is 23.4 Å². The average Bonchev–Trinajstić information content (AvgIpc) is 3.14. The fraction of sp³-hybridized carbons (Fsp3) is 0.238. The molecular weight excluding hydrogens is 388 g/mol. The number of pyridine rings is 1. The van der Waals surface area contributed by atoms with Crippen LogP contribution in [0.25, 0.3) is 21.7 Å². The molecule has 4 rings (SSSR count). The summed E-state index contributed by atoms with van der Waals surface area (Å²) in [4.78, 5) is 4.29. The van der Waals surface area contributed by atoms with Gasteiger partial charge < -0.3 is 9.84 Å². The Balaban J connectivity index is 1.32. The van der Waals surface area contributed by atoms with Crippen molar-refractivity contribution in [2.24, 2.45) is 0 Å². The number of rotatable bonds is 8.